The van der Waals surface area contributed by atoms with Gasteiger partial charge in [-0.25, -0.2) is 0 Å². The molecule has 2 amide bonds. The number of carbonyl (C=O) groups is 2. The predicted molar refractivity (Wildman–Crippen MR) is 90.0 cm³/mol. The molecule has 0 aliphatic carbocycles. The van der Waals surface area contributed by atoms with Gasteiger partial charge in [-0.2, -0.15) is 13.2 Å². The number of anilines is 1. The molecule has 2 aromatic rings. The largest absolute Gasteiger partial charge is 0.484 e. The van der Waals surface area contributed by atoms with Crippen LogP contribution >= 0.6 is 0 Å². The Morgan fingerprint density at radius 2 is 1.73 bits per heavy atom. The van der Waals surface area contributed by atoms with E-state index in [1.165, 1.54) is 29.2 Å². The average molecular weight is 366 g/mol. The van der Waals surface area contributed by atoms with Crippen molar-refractivity contribution in [3.63, 3.8) is 0 Å². The lowest BCUT2D eigenvalue weighted by molar-refractivity contribution is -0.137. The van der Waals surface area contributed by atoms with E-state index in [1.54, 1.807) is 26.2 Å². The van der Waals surface area contributed by atoms with Gasteiger partial charge in [0.2, 0.25) is 0 Å². The van der Waals surface area contributed by atoms with E-state index < -0.39 is 17.6 Å². The van der Waals surface area contributed by atoms with Crippen molar-refractivity contribution in [2.45, 2.75) is 6.18 Å². The summed E-state index contributed by atoms with van der Waals surface area (Å²) in [7, 11) is 3.26. The SMILES string of the molecule is CN(C)C(=O)c1ccc(OCC(=O)Nc2cccc(C(F)(F)F)c2)cc1. The number of ether oxygens (including phenoxy) is 1. The van der Waals surface area contributed by atoms with Gasteiger partial charge in [-0.3, -0.25) is 9.59 Å². The highest BCUT2D eigenvalue weighted by molar-refractivity contribution is 5.94. The van der Waals surface area contributed by atoms with Crippen LogP contribution in [0.5, 0.6) is 5.75 Å². The normalized spacial score (nSPS) is 11.0. The van der Waals surface area contributed by atoms with Crippen LogP contribution in [0.2, 0.25) is 0 Å². The fraction of sp³-hybridized carbons (Fsp3) is 0.222. The predicted octanol–water partition coefficient (Wildman–Crippen LogP) is 3.42. The van der Waals surface area contributed by atoms with E-state index in [1.807, 2.05) is 0 Å². The van der Waals surface area contributed by atoms with Gasteiger partial charge in [0, 0.05) is 25.3 Å². The number of rotatable bonds is 5. The van der Waals surface area contributed by atoms with Gasteiger partial charge in [0.25, 0.3) is 11.8 Å². The molecule has 0 heterocycles. The fourth-order valence-electron chi connectivity index (χ4n) is 2.07. The molecule has 8 heteroatoms. The summed E-state index contributed by atoms with van der Waals surface area (Å²) in [5, 5.41) is 2.34. The molecule has 0 unspecified atom stereocenters. The number of amides is 2. The van der Waals surface area contributed by atoms with Gasteiger partial charge in [-0.15, -0.1) is 0 Å². The van der Waals surface area contributed by atoms with Crippen LogP contribution in [-0.4, -0.2) is 37.4 Å². The van der Waals surface area contributed by atoms with E-state index in [0.717, 1.165) is 12.1 Å². The van der Waals surface area contributed by atoms with Crippen LogP contribution in [0.25, 0.3) is 0 Å². The van der Waals surface area contributed by atoms with Crippen molar-refractivity contribution < 1.29 is 27.5 Å². The van der Waals surface area contributed by atoms with Crippen molar-refractivity contribution in [1.82, 2.24) is 4.90 Å². The second-order valence-corrected chi connectivity index (χ2v) is 5.64. The van der Waals surface area contributed by atoms with Crippen molar-refractivity contribution in [3.05, 3.63) is 59.7 Å². The fourth-order valence-corrected chi connectivity index (χ4v) is 2.07. The Hall–Kier alpha value is -3.03. The number of alkyl halides is 3. The number of hydrogen-bond acceptors (Lipinski definition) is 3. The Balaban J connectivity index is 1.92. The van der Waals surface area contributed by atoms with Crippen molar-refractivity contribution in [2.24, 2.45) is 0 Å². The van der Waals surface area contributed by atoms with Crippen LogP contribution in [-0.2, 0) is 11.0 Å². The Bertz CT molecular complexity index is 787. The van der Waals surface area contributed by atoms with E-state index in [0.29, 0.717) is 11.3 Å². The summed E-state index contributed by atoms with van der Waals surface area (Å²) in [4.78, 5) is 25.0. The smallest absolute Gasteiger partial charge is 0.416 e. The molecule has 26 heavy (non-hydrogen) atoms. The van der Waals surface area contributed by atoms with E-state index in [-0.39, 0.29) is 18.2 Å². The van der Waals surface area contributed by atoms with Gasteiger partial charge < -0.3 is 15.0 Å². The lowest BCUT2D eigenvalue weighted by Crippen LogP contribution is -2.22. The number of nitrogens with one attached hydrogen (secondary N) is 1. The summed E-state index contributed by atoms with van der Waals surface area (Å²) in [6.45, 7) is -0.378. The summed E-state index contributed by atoms with van der Waals surface area (Å²) in [6, 6.07) is 10.5. The van der Waals surface area contributed by atoms with Crippen LogP contribution in [0.4, 0.5) is 18.9 Å². The summed E-state index contributed by atoms with van der Waals surface area (Å²) in [5.41, 5.74) is -0.353. The Morgan fingerprint density at radius 3 is 2.31 bits per heavy atom. The average Bonchev–Trinajstić information content (AvgIpc) is 2.59. The molecule has 0 aromatic heterocycles. The highest BCUT2D eigenvalue weighted by Gasteiger charge is 2.30. The minimum atomic E-state index is -4.48. The zero-order chi connectivity index (χ0) is 19.3. The molecule has 0 aliphatic heterocycles. The Labute approximate surface area is 148 Å². The highest BCUT2D eigenvalue weighted by atomic mass is 19.4. The molecule has 0 radical (unpaired) electrons. The third kappa shape index (κ3) is 5.23. The molecular weight excluding hydrogens is 349 g/mol. The first-order valence-electron chi connectivity index (χ1n) is 7.58. The maximum atomic E-state index is 12.6. The monoisotopic (exact) mass is 366 g/mol. The van der Waals surface area contributed by atoms with E-state index in [2.05, 4.69) is 5.32 Å². The van der Waals surface area contributed by atoms with Gasteiger partial charge >= 0.3 is 6.18 Å². The Kier molecular flexibility index (Phi) is 5.86. The zero-order valence-corrected chi connectivity index (χ0v) is 14.1. The molecule has 0 spiro atoms. The molecule has 1 N–H and O–H groups in total. The second-order valence-electron chi connectivity index (χ2n) is 5.64. The molecular formula is C18H17F3N2O3. The topological polar surface area (TPSA) is 58.6 Å². The third-order valence-electron chi connectivity index (χ3n) is 3.35. The number of benzene rings is 2. The highest BCUT2D eigenvalue weighted by Crippen LogP contribution is 2.30. The molecule has 5 nitrogen and oxygen atoms in total. The first kappa shape index (κ1) is 19.3. The summed E-state index contributed by atoms with van der Waals surface area (Å²) >= 11 is 0. The van der Waals surface area contributed by atoms with E-state index in [9.17, 15) is 22.8 Å². The first-order chi connectivity index (χ1) is 12.2. The van der Waals surface area contributed by atoms with E-state index >= 15 is 0 Å². The molecule has 0 atom stereocenters. The third-order valence-corrected chi connectivity index (χ3v) is 3.35. The van der Waals surface area contributed by atoms with Crippen molar-refractivity contribution in [2.75, 3.05) is 26.0 Å². The van der Waals surface area contributed by atoms with Gasteiger partial charge in [0.05, 0.1) is 5.56 Å². The van der Waals surface area contributed by atoms with Crippen LogP contribution in [0, 0.1) is 0 Å². The zero-order valence-electron chi connectivity index (χ0n) is 14.1. The van der Waals surface area contributed by atoms with Crippen LogP contribution in [0.15, 0.2) is 48.5 Å². The van der Waals surface area contributed by atoms with Crippen molar-refractivity contribution in [1.29, 1.82) is 0 Å². The summed E-state index contributed by atoms with van der Waals surface area (Å²) < 4.78 is 43.2. The van der Waals surface area contributed by atoms with Gasteiger partial charge in [-0.05, 0) is 42.5 Å². The van der Waals surface area contributed by atoms with Crippen LogP contribution < -0.4 is 10.1 Å². The quantitative estimate of drug-likeness (QED) is 0.882. The number of halogens is 3. The lowest BCUT2D eigenvalue weighted by atomic mass is 10.2. The van der Waals surface area contributed by atoms with Crippen LogP contribution in [0.3, 0.4) is 0 Å². The van der Waals surface area contributed by atoms with Crippen LogP contribution in [0.1, 0.15) is 15.9 Å². The minimum Gasteiger partial charge on any atom is -0.484 e. The van der Waals surface area contributed by atoms with Crippen molar-refractivity contribution >= 4 is 17.5 Å². The molecule has 0 bridgehead atoms. The van der Waals surface area contributed by atoms with Crippen molar-refractivity contribution in [3.8, 4) is 5.75 Å². The minimum absolute atomic E-state index is 0.0281. The lowest BCUT2D eigenvalue weighted by Gasteiger charge is -2.12. The van der Waals surface area contributed by atoms with Gasteiger partial charge in [0.1, 0.15) is 5.75 Å². The maximum absolute atomic E-state index is 12.6. The molecule has 2 rings (SSSR count). The second kappa shape index (κ2) is 7.90. The van der Waals surface area contributed by atoms with E-state index in [4.69, 9.17) is 4.74 Å². The molecule has 0 saturated carbocycles. The molecule has 2 aromatic carbocycles. The molecule has 0 fully saturated rings. The van der Waals surface area contributed by atoms with Gasteiger partial charge in [-0.1, -0.05) is 6.07 Å². The number of hydrogen-bond donors (Lipinski definition) is 1. The first-order valence-corrected chi connectivity index (χ1v) is 7.58. The molecule has 0 aliphatic rings. The Morgan fingerprint density at radius 1 is 1.08 bits per heavy atom. The maximum Gasteiger partial charge on any atom is 0.416 e. The summed E-state index contributed by atoms with van der Waals surface area (Å²) in [5.74, 6) is -0.406. The molecule has 0 saturated heterocycles. The standard InChI is InChI=1S/C18H17F3N2O3/c1-23(2)17(25)12-6-8-15(9-7-12)26-11-16(24)22-14-5-3-4-13(10-14)18(19,20)21/h3-10H,11H2,1-2H3,(H,22,24). The summed E-state index contributed by atoms with van der Waals surface area (Å²) in [6.07, 6.45) is -4.48. The number of carbonyl (C=O) groups excluding carboxylic acids is 2. The number of nitrogens with zero attached hydrogens (tertiary/aromatic N) is 1. The molecule has 138 valence electrons. The van der Waals surface area contributed by atoms with Gasteiger partial charge in [0.15, 0.2) is 6.61 Å².